The van der Waals surface area contributed by atoms with E-state index in [2.05, 4.69) is 12.2 Å². The summed E-state index contributed by atoms with van der Waals surface area (Å²) in [6.07, 6.45) is 2.21. The van der Waals surface area contributed by atoms with Crippen molar-refractivity contribution in [2.24, 2.45) is 5.92 Å². The Morgan fingerprint density at radius 2 is 2.05 bits per heavy atom. The summed E-state index contributed by atoms with van der Waals surface area (Å²) in [4.78, 5) is 28.5. The summed E-state index contributed by atoms with van der Waals surface area (Å²) >= 11 is 0. The van der Waals surface area contributed by atoms with Crippen LogP contribution < -0.4 is 5.32 Å². The van der Waals surface area contributed by atoms with Gasteiger partial charge in [0.1, 0.15) is 6.04 Å². The Balaban J connectivity index is 2.03. The number of nitrogens with one attached hydrogen (secondary N) is 1. The van der Waals surface area contributed by atoms with Crippen LogP contribution in [-0.2, 0) is 9.53 Å². The van der Waals surface area contributed by atoms with Gasteiger partial charge in [-0.25, -0.2) is 4.79 Å². The molecule has 0 aliphatic carbocycles. The minimum absolute atomic E-state index is 0.0197. The molecule has 2 heterocycles. The lowest BCUT2D eigenvalue weighted by Gasteiger charge is -2.40. The van der Waals surface area contributed by atoms with Crippen molar-refractivity contribution < 1.29 is 14.3 Å². The Bertz CT molecular complexity index is 386. The van der Waals surface area contributed by atoms with Gasteiger partial charge in [0.05, 0.1) is 13.2 Å². The molecule has 6 heteroatoms. The van der Waals surface area contributed by atoms with Gasteiger partial charge in [-0.1, -0.05) is 6.92 Å². The van der Waals surface area contributed by atoms with Gasteiger partial charge in [0.25, 0.3) is 0 Å². The van der Waals surface area contributed by atoms with Crippen LogP contribution in [0.4, 0.5) is 4.79 Å². The second-order valence-corrected chi connectivity index (χ2v) is 6.42. The highest BCUT2D eigenvalue weighted by Gasteiger charge is 2.36. The van der Waals surface area contributed by atoms with E-state index in [1.165, 1.54) is 6.42 Å². The minimum Gasteiger partial charge on any atom is -0.377 e. The van der Waals surface area contributed by atoms with E-state index in [0.29, 0.717) is 19.1 Å². The molecule has 2 aliphatic heterocycles. The van der Waals surface area contributed by atoms with Crippen molar-refractivity contribution in [1.29, 1.82) is 0 Å². The van der Waals surface area contributed by atoms with Crippen molar-refractivity contribution in [3.05, 3.63) is 0 Å². The largest absolute Gasteiger partial charge is 0.377 e. The average molecular weight is 297 g/mol. The number of piperidine rings is 1. The lowest BCUT2D eigenvalue weighted by atomic mass is 10.0. The summed E-state index contributed by atoms with van der Waals surface area (Å²) in [5.74, 6) is 0.412. The van der Waals surface area contributed by atoms with Gasteiger partial charge in [-0.3, -0.25) is 4.79 Å². The zero-order valence-corrected chi connectivity index (χ0v) is 13.3. The van der Waals surface area contributed by atoms with Gasteiger partial charge in [-0.15, -0.1) is 0 Å². The molecule has 2 saturated heterocycles. The van der Waals surface area contributed by atoms with E-state index in [-0.39, 0.29) is 24.6 Å². The molecule has 0 aromatic carbocycles. The van der Waals surface area contributed by atoms with Crippen LogP contribution in [0.1, 0.15) is 33.6 Å². The molecular formula is C15H27N3O3. The predicted molar refractivity (Wildman–Crippen MR) is 80.0 cm³/mol. The molecule has 120 valence electrons. The smallest absolute Gasteiger partial charge is 0.320 e. The molecule has 3 amide bonds. The number of carbonyl (C=O) groups excluding carboxylic acids is 2. The van der Waals surface area contributed by atoms with Gasteiger partial charge in [-0.05, 0) is 32.6 Å². The third-order valence-electron chi connectivity index (χ3n) is 4.04. The summed E-state index contributed by atoms with van der Waals surface area (Å²) in [6.45, 7) is 8.85. The number of ether oxygens (including phenoxy) is 1. The number of hydrogen-bond donors (Lipinski definition) is 1. The van der Waals surface area contributed by atoms with Gasteiger partial charge < -0.3 is 19.9 Å². The Morgan fingerprint density at radius 1 is 1.29 bits per heavy atom. The number of likely N-dealkylation sites (tertiary alicyclic amines) is 1. The third-order valence-corrected chi connectivity index (χ3v) is 4.04. The molecule has 0 radical (unpaired) electrons. The SMILES string of the molecule is CC1CCCN(C(=O)N2CCOCC2C(=O)NC(C)C)C1. The Labute approximate surface area is 126 Å². The standard InChI is InChI=1S/C15H27N3O3/c1-11(2)16-14(19)13-10-21-8-7-18(13)15(20)17-6-4-5-12(3)9-17/h11-13H,4-10H2,1-3H3,(H,16,19). The molecule has 0 saturated carbocycles. The summed E-state index contributed by atoms with van der Waals surface area (Å²) in [5, 5.41) is 2.88. The maximum Gasteiger partial charge on any atom is 0.320 e. The van der Waals surface area contributed by atoms with Crippen LogP contribution in [-0.4, -0.2) is 66.7 Å². The Hall–Kier alpha value is -1.30. The van der Waals surface area contributed by atoms with E-state index in [4.69, 9.17) is 4.74 Å². The minimum atomic E-state index is -0.508. The van der Waals surface area contributed by atoms with E-state index < -0.39 is 6.04 Å². The molecule has 6 nitrogen and oxygen atoms in total. The van der Waals surface area contributed by atoms with Crippen LogP contribution in [0.2, 0.25) is 0 Å². The van der Waals surface area contributed by atoms with Crippen molar-refractivity contribution in [1.82, 2.24) is 15.1 Å². The number of nitrogens with zero attached hydrogens (tertiary/aromatic N) is 2. The zero-order valence-electron chi connectivity index (χ0n) is 13.3. The first-order valence-corrected chi connectivity index (χ1v) is 7.92. The maximum atomic E-state index is 12.7. The average Bonchev–Trinajstić information content (AvgIpc) is 2.46. The lowest BCUT2D eigenvalue weighted by molar-refractivity contribution is -0.131. The molecular weight excluding hydrogens is 270 g/mol. The number of morpholine rings is 1. The molecule has 2 rings (SSSR count). The highest BCUT2D eigenvalue weighted by molar-refractivity contribution is 5.87. The highest BCUT2D eigenvalue weighted by atomic mass is 16.5. The molecule has 2 unspecified atom stereocenters. The predicted octanol–water partition coefficient (Wildman–Crippen LogP) is 1.06. The van der Waals surface area contributed by atoms with Crippen molar-refractivity contribution in [2.75, 3.05) is 32.8 Å². The number of hydrogen-bond acceptors (Lipinski definition) is 3. The summed E-state index contributed by atoms with van der Waals surface area (Å²) in [7, 11) is 0. The van der Waals surface area contributed by atoms with Gasteiger partial charge in [0, 0.05) is 25.7 Å². The van der Waals surface area contributed by atoms with E-state index in [0.717, 1.165) is 19.5 Å². The Morgan fingerprint density at radius 3 is 2.71 bits per heavy atom. The van der Waals surface area contributed by atoms with E-state index in [1.807, 2.05) is 18.7 Å². The van der Waals surface area contributed by atoms with Crippen molar-refractivity contribution in [3.63, 3.8) is 0 Å². The first kappa shape index (κ1) is 16.1. The van der Waals surface area contributed by atoms with Crippen LogP contribution in [0.3, 0.4) is 0 Å². The number of carbonyl (C=O) groups is 2. The molecule has 0 spiro atoms. The van der Waals surface area contributed by atoms with Crippen molar-refractivity contribution in [2.45, 2.75) is 45.7 Å². The first-order valence-electron chi connectivity index (χ1n) is 7.92. The fraction of sp³-hybridized carbons (Fsp3) is 0.867. The monoisotopic (exact) mass is 297 g/mol. The maximum absolute atomic E-state index is 12.7. The molecule has 1 N–H and O–H groups in total. The molecule has 2 atom stereocenters. The third kappa shape index (κ3) is 4.09. The van der Waals surface area contributed by atoms with Gasteiger partial charge in [0.2, 0.25) is 5.91 Å². The Kier molecular flexibility index (Phi) is 5.45. The molecule has 2 aliphatic rings. The van der Waals surface area contributed by atoms with E-state index in [1.54, 1.807) is 4.90 Å². The normalized spacial score (nSPS) is 26.9. The summed E-state index contributed by atoms with van der Waals surface area (Å²) < 4.78 is 5.40. The number of rotatable bonds is 2. The molecule has 0 aromatic heterocycles. The van der Waals surface area contributed by atoms with Crippen molar-refractivity contribution >= 4 is 11.9 Å². The zero-order chi connectivity index (χ0) is 15.4. The number of urea groups is 1. The van der Waals surface area contributed by atoms with Crippen LogP contribution in [0, 0.1) is 5.92 Å². The molecule has 21 heavy (non-hydrogen) atoms. The second-order valence-electron chi connectivity index (χ2n) is 6.42. The topological polar surface area (TPSA) is 61.9 Å². The fourth-order valence-corrected chi connectivity index (χ4v) is 2.98. The first-order chi connectivity index (χ1) is 9.99. The van der Waals surface area contributed by atoms with Gasteiger partial charge >= 0.3 is 6.03 Å². The number of amides is 3. The fourth-order valence-electron chi connectivity index (χ4n) is 2.98. The van der Waals surface area contributed by atoms with Crippen molar-refractivity contribution in [3.8, 4) is 0 Å². The van der Waals surface area contributed by atoms with Crippen LogP contribution in [0.15, 0.2) is 0 Å². The van der Waals surface area contributed by atoms with Crippen LogP contribution in [0.5, 0.6) is 0 Å². The van der Waals surface area contributed by atoms with E-state index >= 15 is 0 Å². The molecule has 2 fully saturated rings. The molecule has 0 aromatic rings. The highest BCUT2D eigenvalue weighted by Crippen LogP contribution is 2.19. The summed E-state index contributed by atoms with van der Waals surface area (Å²) in [5.41, 5.74) is 0. The van der Waals surface area contributed by atoms with E-state index in [9.17, 15) is 9.59 Å². The molecule has 0 bridgehead atoms. The quantitative estimate of drug-likeness (QED) is 0.829. The lowest BCUT2D eigenvalue weighted by Crippen LogP contribution is -2.60. The summed E-state index contributed by atoms with van der Waals surface area (Å²) in [6, 6.07) is -0.467. The second kappa shape index (κ2) is 7.11. The van der Waals surface area contributed by atoms with Crippen LogP contribution >= 0.6 is 0 Å². The van der Waals surface area contributed by atoms with Gasteiger partial charge in [0.15, 0.2) is 0 Å². The van der Waals surface area contributed by atoms with Gasteiger partial charge in [-0.2, -0.15) is 0 Å². The van der Waals surface area contributed by atoms with Crippen LogP contribution in [0.25, 0.3) is 0 Å².